The molecule has 5 heteroatoms. The van der Waals surface area contributed by atoms with Crippen molar-refractivity contribution in [2.45, 2.75) is 58.1 Å². The highest BCUT2D eigenvalue weighted by molar-refractivity contribution is 5.70. The Morgan fingerprint density at radius 3 is 2.56 bits per heavy atom. The number of nitrogens with zero attached hydrogens (tertiary/aromatic N) is 1. The first-order valence-electron chi connectivity index (χ1n) is 6.40. The molecule has 0 aromatic rings. The minimum Gasteiger partial charge on any atom is -0.469 e. The molecule has 1 amide bonds. The molecule has 5 nitrogen and oxygen atoms in total. The maximum Gasteiger partial charge on any atom is 0.410 e. The Balaban J connectivity index is 2.49. The second kappa shape index (κ2) is 6.07. The quantitative estimate of drug-likeness (QED) is 0.728. The second-order valence-electron chi connectivity index (χ2n) is 5.58. The molecular weight excluding hydrogens is 234 g/mol. The number of esters is 1. The Kier molecular flexibility index (Phi) is 4.99. The van der Waals surface area contributed by atoms with Gasteiger partial charge in [0.15, 0.2) is 0 Å². The molecular formula is C13H23NO4. The molecule has 0 aromatic carbocycles. The molecule has 0 spiro atoms. The molecule has 1 rings (SSSR count). The van der Waals surface area contributed by atoms with E-state index in [0.29, 0.717) is 19.4 Å². The van der Waals surface area contributed by atoms with Crippen LogP contribution in [0.2, 0.25) is 0 Å². The van der Waals surface area contributed by atoms with Crippen molar-refractivity contribution in [3.05, 3.63) is 0 Å². The van der Waals surface area contributed by atoms with E-state index in [-0.39, 0.29) is 18.1 Å². The maximum atomic E-state index is 12.0. The van der Waals surface area contributed by atoms with Gasteiger partial charge in [-0.15, -0.1) is 0 Å². The maximum absolute atomic E-state index is 12.0. The molecule has 0 radical (unpaired) electrons. The molecule has 1 heterocycles. The summed E-state index contributed by atoms with van der Waals surface area (Å²) in [5, 5.41) is 0. The van der Waals surface area contributed by atoms with Crippen molar-refractivity contribution in [2.75, 3.05) is 13.7 Å². The van der Waals surface area contributed by atoms with Crippen LogP contribution >= 0.6 is 0 Å². The minimum atomic E-state index is -0.480. The van der Waals surface area contributed by atoms with Gasteiger partial charge in [-0.2, -0.15) is 0 Å². The van der Waals surface area contributed by atoms with E-state index in [2.05, 4.69) is 4.74 Å². The van der Waals surface area contributed by atoms with Gasteiger partial charge in [0.25, 0.3) is 0 Å². The number of rotatable bonds is 3. The third-order valence-electron chi connectivity index (χ3n) is 2.91. The highest BCUT2D eigenvalue weighted by Crippen LogP contribution is 2.24. The van der Waals surface area contributed by atoms with Crippen molar-refractivity contribution in [3.8, 4) is 0 Å². The standard InChI is InChI=1S/C13H23NO4/c1-13(2,3)18-12(16)14-9-5-6-10(14)7-8-11(15)17-4/h10H,5-9H2,1-4H3/t10-/m1/s1. The van der Waals surface area contributed by atoms with Crippen molar-refractivity contribution < 1.29 is 19.1 Å². The average molecular weight is 257 g/mol. The number of hydrogen-bond donors (Lipinski definition) is 0. The van der Waals surface area contributed by atoms with Crippen molar-refractivity contribution >= 4 is 12.1 Å². The smallest absolute Gasteiger partial charge is 0.410 e. The third kappa shape index (κ3) is 4.55. The summed E-state index contributed by atoms with van der Waals surface area (Å²) >= 11 is 0. The molecule has 0 bridgehead atoms. The largest absolute Gasteiger partial charge is 0.469 e. The highest BCUT2D eigenvalue weighted by atomic mass is 16.6. The fourth-order valence-corrected chi connectivity index (χ4v) is 2.08. The fraction of sp³-hybridized carbons (Fsp3) is 0.846. The van der Waals surface area contributed by atoms with Crippen LogP contribution in [0.15, 0.2) is 0 Å². The summed E-state index contributed by atoms with van der Waals surface area (Å²) < 4.78 is 9.97. The number of ether oxygens (including phenoxy) is 2. The van der Waals surface area contributed by atoms with Gasteiger partial charge in [-0.3, -0.25) is 4.79 Å². The average Bonchev–Trinajstić information content (AvgIpc) is 2.71. The molecule has 0 saturated carbocycles. The van der Waals surface area contributed by atoms with Crippen LogP contribution in [0.4, 0.5) is 4.79 Å². The molecule has 1 fully saturated rings. The monoisotopic (exact) mass is 257 g/mol. The Labute approximate surface area is 108 Å². The van der Waals surface area contributed by atoms with E-state index in [1.807, 2.05) is 20.8 Å². The summed E-state index contributed by atoms with van der Waals surface area (Å²) in [4.78, 5) is 24.8. The summed E-state index contributed by atoms with van der Waals surface area (Å²) in [5.41, 5.74) is -0.480. The first-order chi connectivity index (χ1) is 8.33. The molecule has 0 aliphatic carbocycles. The van der Waals surface area contributed by atoms with E-state index in [4.69, 9.17) is 4.74 Å². The van der Waals surface area contributed by atoms with Gasteiger partial charge in [-0.05, 0) is 40.0 Å². The Hall–Kier alpha value is -1.26. The van der Waals surface area contributed by atoms with Crippen LogP contribution < -0.4 is 0 Å². The predicted octanol–water partition coefficient (Wildman–Crippen LogP) is 2.34. The fourth-order valence-electron chi connectivity index (χ4n) is 2.08. The molecule has 1 aliphatic heterocycles. The van der Waals surface area contributed by atoms with E-state index in [0.717, 1.165) is 12.8 Å². The van der Waals surface area contributed by atoms with E-state index in [1.54, 1.807) is 4.90 Å². The van der Waals surface area contributed by atoms with Gasteiger partial charge in [0, 0.05) is 19.0 Å². The predicted molar refractivity (Wildman–Crippen MR) is 67.2 cm³/mol. The van der Waals surface area contributed by atoms with Gasteiger partial charge in [0.2, 0.25) is 0 Å². The van der Waals surface area contributed by atoms with Crippen LogP contribution in [0.1, 0.15) is 46.5 Å². The van der Waals surface area contributed by atoms with Crippen molar-refractivity contribution in [1.29, 1.82) is 0 Å². The number of methoxy groups -OCH3 is 1. The van der Waals surface area contributed by atoms with Crippen LogP contribution in [0.3, 0.4) is 0 Å². The zero-order valence-electron chi connectivity index (χ0n) is 11.7. The zero-order valence-corrected chi connectivity index (χ0v) is 11.7. The highest BCUT2D eigenvalue weighted by Gasteiger charge is 2.32. The number of likely N-dealkylation sites (tertiary alicyclic amines) is 1. The van der Waals surface area contributed by atoms with Gasteiger partial charge in [0.05, 0.1) is 7.11 Å². The molecule has 1 saturated heterocycles. The molecule has 0 unspecified atom stereocenters. The van der Waals surface area contributed by atoms with E-state index in [9.17, 15) is 9.59 Å². The summed E-state index contributed by atoms with van der Waals surface area (Å²) in [7, 11) is 1.38. The van der Waals surface area contributed by atoms with Crippen molar-refractivity contribution in [1.82, 2.24) is 4.90 Å². The Morgan fingerprint density at radius 1 is 1.33 bits per heavy atom. The number of amides is 1. The summed E-state index contributed by atoms with van der Waals surface area (Å²) in [5.74, 6) is -0.231. The van der Waals surface area contributed by atoms with Crippen molar-refractivity contribution in [3.63, 3.8) is 0 Å². The van der Waals surface area contributed by atoms with Gasteiger partial charge >= 0.3 is 12.1 Å². The molecule has 1 aliphatic rings. The lowest BCUT2D eigenvalue weighted by atomic mass is 10.1. The van der Waals surface area contributed by atoms with E-state index < -0.39 is 5.60 Å². The number of carbonyl (C=O) groups excluding carboxylic acids is 2. The second-order valence-corrected chi connectivity index (χ2v) is 5.58. The molecule has 18 heavy (non-hydrogen) atoms. The van der Waals surface area contributed by atoms with Gasteiger partial charge in [-0.1, -0.05) is 0 Å². The number of carbonyl (C=O) groups is 2. The van der Waals surface area contributed by atoms with Gasteiger partial charge in [-0.25, -0.2) is 4.79 Å². The lowest BCUT2D eigenvalue weighted by Crippen LogP contribution is -2.40. The van der Waals surface area contributed by atoms with Crippen LogP contribution in [-0.4, -0.2) is 42.3 Å². The van der Waals surface area contributed by atoms with Crippen molar-refractivity contribution in [2.24, 2.45) is 0 Å². The topological polar surface area (TPSA) is 55.8 Å². The van der Waals surface area contributed by atoms with Crippen LogP contribution in [-0.2, 0) is 14.3 Å². The minimum absolute atomic E-state index is 0.0962. The van der Waals surface area contributed by atoms with Crippen LogP contribution in [0.25, 0.3) is 0 Å². The van der Waals surface area contributed by atoms with Crippen LogP contribution in [0, 0.1) is 0 Å². The SMILES string of the molecule is COC(=O)CC[C@H]1CCCN1C(=O)OC(C)(C)C. The summed E-state index contributed by atoms with van der Waals surface area (Å²) in [6, 6.07) is 0.0962. The lowest BCUT2D eigenvalue weighted by molar-refractivity contribution is -0.141. The van der Waals surface area contributed by atoms with E-state index >= 15 is 0 Å². The Morgan fingerprint density at radius 2 is 2.00 bits per heavy atom. The van der Waals surface area contributed by atoms with E-state index in [1.165, 1.54) is 7.11 Å². The van der Waals surface area contributed by atoms with Gasteiger partial charge in [0.1, 0.15) is 5.60 Å². The normalized spacial score (nSPS) is 19.8. The lowest BCUT2D eigenvalue weighted by Gasteiger charge is -2.28. The first kappa shape index (κ1) is 14.8. The summed E-state index contributed by atoms with van der Waals surface area (Å²) in [6.07, 6.45) is 2.60. The molecule has 0 N–H and O–H groups in total. The zero-order chi connectivity index (χ0) is 13.8. The third-order valence-corrected chi connectivity index (χ3v) is 2.91. The molecule has 1 atom stereocenters. The van der Waals surface area contributed by atoms with Crippen LogP contribution in [0.5, 0.6) is 0 Å². The molecule has 104 valence electrons. The summed E-state index contributed by atoms with van der Waals surface area (Å²) in [6.45, 7) is 6.26. The first-order valence-corrected chi connectivity index (χ1v) is 6.40. The Bertz CT molecular complexity index is 309. The van der Waals surface area contributed by atoms with Gasteiger partial charge < -0.3 is 14.4 Å². The number of hydrogen-bond acceptors (Lipinski definition) is 4. The molecule has 0 aromatic heterocycles.